The number of nitrogens with zero attached hydrogens (tertiary/aromatic N) is 2. The molecule has 0 aliphatic rings. The fraction of sp³-hybridized carbons (Fsp3) is 0.143. The smallest absolute Gasteiger partial charge is 0.388 e. The molecular formula is C7HBr2F3N2O. The van der Waals surface area contributed by atoms with Gasteiger partial charge in [0.05, 0.1) is 10.0 Å². The van der Waals surface area contributed by atoms with Crippen LogP contribution in [0.25, 0.3) is 0 Å². The lowest BCUT2D eigenvalue weighted by molar-refractivity contribution is -0.276. The molecule has 0 fully saturated rings. The van der Waals surface area contributed by atoms with Crippen molar-refractivity contribution in [2.24, 2.45) is 0 Å². The lowest BCUT2D eigenvalue weighted by Crippen LogP contribution is -2.18. The molecule has 0 spiro atoms. The van der Waals surface area contributed by atoms with Crippen molar-refractivity contribution in [3.8, 4) is 11.9 Å². The van der Waals surface area contributed by atoms with Crippen LogP contribution in [0.5, 0.6) is 5.88 Å². The van der Waals surface area contributed by atoms with E-state index in [9.17, 15) is 13.2 Å². The van der Waals surface area contributed by atoms with E-state index in [4.69, 9.17) is 5.26 Å². The predicted octanol–water partition coefficient (Wildman–Crippen LogP) is 3.38. The highest BCUT2D eigenvalue weighted by molar-refractivity contribution is 9.13. The number of halogens is 5. The molecule has 8 heteroatoms. The zero-order valence-electron chi connectivity index (χ0n) is 6.77. The fourth-order valence-corrected chi connectivity index (χ4v) is 1.41. The van der Waals surface area contributed by atoms with E-state index in [1.165, 1.54) is 0 Å². The zero-order valence-corrected chi connectivity index (χ0v) is 9.94. The monoisotopic (exact) mass is 344 g/mol. The molecule has 1 aromatic rings. The third-order valence-corrected chi connectivity index (χ3v) is 3.14. The van der Waals surface area contributed by atoms with Gasteiger partial charge in [-0.05, 0) is 31.9 Å². The summed E-state index contributed by atoms with van der Waals surface area (Å²) in [7, 11) is 0. The molecule has 0 saturated carbocycles. The molecule has 0 amide bonds. The Morgan fingerprint density at radius 3 is 2.47 bits per heavy atom. The lowest BCUT2D eigenvalue weighted by Gasteiger charge is -2.08. The van der Waals surface area contributed by atoms with E-state index in [0.29, 0.717) is 0 Å². The van der Waals surface area contributed by atoms with Crippen LogP contribution in [-0.2, 0) is 0 Å². The van der Waals surface area contributed by atoms with Gasteiger partial charge in [-0.2, -0.15) is 5.26 Å². The minimum absolute atomic E-state index is 0.00359. The first-order valence-corrected chi connectivity index (χ1v) is 4.94. The van der Waals surface area contributed by atoms with Crippen LogP contribution >= 0.6 is 31.9 Å². The minimum Gasteiger partial charge on any atom is -0.388 e. The van der Waals surface area contributed by atoms with Gasteiger partial charge in [0.25, 0.3) is 0 Å². The molecule has 0 saturated heterocycles. The molecule has 0 unspecified atom stereocenters. The zero-order chi connectivity index (χ0) is 11.6. The summed E-state index contributed by atoms with van der Waals surface area (Å²) in [6.45, 7) is 0. The summed E-state index contributed by atoms with van der Waals surface area (Å²) in [6, 6.07) is 2.59. The summed E-state index contributed by atoms with van der Waals surface area (Å²) in [5, 5.41) is 8.60. The van der Waals surface area contributed by atoms with Crippen molar-refractivity contribution in [2.45, 2.75) is 6.36 Å². The van der Waals surface area contributed by atoms with E-state index in [2.05, 4.69) is 41.6 Å². The first kappa shape index (κ1) is 12.3. The van der Waals surface area contributed by atoms with Gasteiger partial charge in [-0.1, -0.05) is 0 Å². The van der Waals surface area contributed by atoms with Gasteiger partial charge < -0.3 is 4.74 Å². The maximum atomic E-state index is 11.8. The van der Waals surface area contributed by atoms with Gasteiger partial charge in [0.15, 0.2) is 0 Å². The van der Waals surface area contributed by atoms with Crippen LogP contribution in [0.3, 0.4) is 0 Å². The second kappa shape index (κ2) is 4.37. The number of ether oxygens (including phenoxy) is 1. The lowest BCUT2D eigenvalue weighted by atomic mass is 10.3. The van der Waals surface area contributed by atoms with Crippen LogP contribution in [0.2, 0.25) is 0 Å². The van der Waals surface area contributed by atoms with Crippen LogP contribution in [0.15, 0.2) is 15.1 Å². The molecule has 0 aromatic carbocycles. The molecule has 3 nitrogen and oxygen atoms in total. The molecule has 1 heterocycles. The summed E-state index contributed by atoms with van der Waals surface area (Å²) < 4.78 is 39.4. The van der Waals surface area contributed by atoms with E-state index in [0.717, 1.165) is 6.07 Å². The number of hydrogen-bond donors (Lipinski definition) is 0. The van der Waals surface area contributed by atoms with Gasteiger partial charge in [-0.25, -0.2) is 4.98 Å². The van der Waals surface area contributed by atoms with Gasteiger partial charge in [0.2, 0.25) is 5.88 Å². The Hall–Kier alpha value is -0.810. The Morgan fingerprint density at radius 2 is 2.00 bits per heavy atom. The van der Waals surface area contributed by atoms with Gasteiger partial charge in [-0.3, -0.25) is 0 Å². The van der Waals surface area contributed by atoms with Crippen LogP contribution in [0.4, 0.5) is 13.2 Å². The average Bonchev–Trinajstić information content (AvgIpc) is 2.08. The van der Waals surface area contributed by atoms with E-state index in [-0.39, 0.29) is 14.6 Å². The van der Waals surface area contributed by atoms with E-state index >= 15 is 0 Å². The first-order chi connectivity index (χ1) is 6.83. The molecule has 0 aliphatic heterocycles. The highest BCUT2D eigenvalue weighted by atomic mass is 79.9. The second-order valence-corrected chi connectivity index (χ2v) is 3.82. The highest BCUT2D eigenvalue weighted by Crippen LogP contribution is 2.30. The van der Waals surface area contributed by atoms with Crippen LogP contribution < -0.4 is 4.74 Å². The minimum atomic E-state index is -4.83. The SMILES string of the molecule is N#Cc1cc(OC(F)(F)F)nc(Br)c1Br. The van der Waals surface area contributed by atoms with Crippen molar-refractivity contribution in [2.75, 3.05) is 0 Å². The maximum absolute atomic E-state index is 11.8. The quantitative estimate of drug-likeness (QED) is 0.733. The van der Waals surface area contributed by atoms with Crippen molar-refractivity contribution in [1.29, 1.82) is 5.26 Å². The Bertz CT molecular complexity index is 427. The Balaban J connectivity index is 3.13. The van der Waals surface area contributed by atoms with Crippen LogP contribution in [0.1, 0.15) is 5.56 Å². The summed E-state index contributed by atoms with van der Waals surface area (Å²) in [5.74, 6) is -0.686. The average molecular weight is 346 g/mol. The molecule has 0 N–H and O–H groups in total. The largest absolute Gasteiger partial charge is 0.574 e. The highest BCUT2D eigenvalue weighted by Gasteiger charge is 2.32. The molecule has 0 aliphatic carbocycles. The van der Waals surface area contributed by atoms with E-state index < -0.39 is 12.2 Å². The standard InChI is InChI=1S/C7HBr2F3N2O/c8-5-3(2-13)1-4(14-6(5)9)15-7(10,11)12/h1H. The van der Waals surface area contributed by atoms with E-state index in [1.54, 1.807) is 6.07 Å². The Morgan fingerprint density at radius 1 is 1.40 bits per heavy atom. The van der Waals surface area contributed by atoms with Crippen molar-refractivity contribution in [1.82, 2.24) is 4.98 Å². The third kappa shape index (κ3) is 3.35. The van der Waals surface area contributed by atoms with Crippen molar-refractivity contribution in [3.63, 3.8) is 0 Å². The normalized spacial score (nSPS) is 10.9. The van der Waals surface area contributed by atoms with Crippen LogP contribution in [-0.4, -0.2) is 11.3 Å². The Kier molecular flexibility index (Phi) is 3.57. The van der Waals surface area contributed by atoms with Gasteiger partial charge in [-0.15, -0.1) is 13.2 Å². The van der Waals surface area contributed by atoms with Crippen LogP contribution in [0, 0.1) is 11.3 Å². The first-order valence-electron chi connectivity index (χ1n) is 3.35. The number of aromatic nitrogens is 1. The van der Waals surface area contributed by atoms with Crippen molar-refractivity contribution in [3.05, 3.63) is 20.7 Å². The van der Waals surface area contributed by atoms with Gasteiger partial charge in [0, 0.05) is 6.07 Å². The summed E-state index contributed by atoms with van der Waals surface area (Å²) in [4.78, 5) is 3.44. The molecule has 1 rings (SSSR count). The molecule has 80 valence electrons. The molecule has 0 atom stereocenters. The predicted molar refractivity (Wildman–Crippen MR) is 51.0 cm³/mol. The molecule has 1 aromatic heterocycles. The molecule has 15 heavy (non-hydrogen) atoms. The molecule has 0 radical (unpaired) electrons. The number of alkyl halides is 3. The number of pyridine rings is 1. The molecular weight excluding hydrogens is 345 g/mol. The van der Waals surface area contributed by atoms with Crippen molar-refractivity contribution >= 4 is 31.9 Å². The van der Waals surface area contributed by atoms with Gasteiger partial charge in [0.1, 0.15) is 10.7 Å². The number of hydrogen-bond acceptors (Lipinski definition) is 3. The van der Waals surface area contributed by atoms with E-state index in [1.807, 2.05) is 0 Å². The fourth-order valence-electron chi connectivity index (χ4n) is 0.728. The second-order valence-electron chi connectivity index (χ2n) is 2.27. The molecule has 0 bridgehead atoms. The summed E-state index contributed by atoms with van der Waals surface area (Å²) >= 11 is 5.87. The topological polar surface area (TPSA) is 45.9 Å². The number of rotatable bonds is 1. The summed E-state index contributed by atoms with van der Waals surface area (Å²) in [6.07, 6.45) is -4.83. The third-order valence-electron chi connectivity index (χ3n) is 1.23. The number of nitriles is 1. The van der Waals surface area contributed by atoms with Gasteiger partial charge >= 0.3 is 6.36 Å². The summed E-state index contributed by atoms with van der Waals surface area (Å²) in [5.41, 5.74) is -0.00359. The van der Waals surface area contributed by atoms with Crippen molar-refractivity contribution < 1.29 is 17.9 Å². The maximum Gasteiger partial charge on any atom is 0.574 e. The Labute approximate surface area is 99.1 Å².